The van der Waals surface area contributed by atoms with E-state index in [0.717, 1.165) is 23.5 Å². The zero-order valence-electron chi connectivity index (χ0n) is 16.0. The highest BCUT2D eigenvalue weighted by atomic mass is 35.5. The smallest absolute Gasteiger partial charge is 0.199 e. The number of aliphatic imine (C=N–C) groups is 2. The van der Waals surface area contributed by atoms with Gasteiger partial charge in [0, 0.05) is 23.0 Å². The van der Waals surface area contributed by atoms with Gasteiger partial charge in [-0.1, -0.05) is 18.5 Å². The highest BCUT2D eigenvalue weighted by molar-refractivity contribution is 6.30. The van der Waals surface area contributed by atoms with Crippen molar-refractivity contribution in [3.63, 3.8) is 0 Å². The third-order valence-corrected chi connectivity index (χ3v) is 5.25. The molecule has 2 unspecified atom stereocenters. The van der Waals surface area contributed by atoms with E-state index in [4.69, 9.17) is 25.8 Å². The van der Waals surface area contributed by atoms with Crippen LogP contribution in [0.3, 0.4) is 0 Å². The van der Waals surface area contributed by atoms with Gasteiger partial charge in [0.25, 0.3) is 0 Å². The topological polar surface area (TPSA) is 52.4 Å². The Morgan fingerprint density at radius 2 is 1.64 bits per heavy atom. The lowest BCUT2D eigenvalue weighted by Crippen LogP contribution is -2.36. The number of rotatable bonds is 6. The van der Waals surface area contributed by atoms with Crippen molar-refractivity contribution in [3.05, 3.63) is 59.1 Å². The molecule has 0 aromatic heterocycles. The van der Waals surface area contributed by atoms with Gasteiger partial charge in [-0.2, -0.15) is 0 Å². The molecule has 2 aromatic carbocycles. The monoisotopic (exact) mass is 398 g/mol. The highest BCUT2D eigenvalue weighted by Crippen LogP contribution is 2.43. The molecule has 4 rings (SSSR count). The van der Waals surface area contributed by atoms with Gasteiger partial charge in [0.1, 0.15) is 11.5 Å². The number of halogens is 1. The molecule has 0 amide bonds. The summed E-state index contributed by atoms with van der Waals surface area (Å²) in [6.45, 7) is 4.64. The first-order valence-corrected chi connectivity index (χ1v) is 9.83. The van der Waals surface area contributed by atoms with Crippen LogP contribution in [-0.4, -0.2) is 30.8 Å². The van der Waals surface area contributed by atoms with E-state index < -0.39 is 11.4 Å². The van der Waals surface area contributed by atoms with E-state index in [-0.39, 0.29) is 6.10 Å². The van der Waals surface area contributed by atoms with E-state index in [1.54, 1.807) is 24.6 Å². The molecule has 2 atom stereocenters. The predicted octanol–water partition coefficient (Wildman–Crippen LogP) is 5.37. The number of hydrogen-bond donors (Lipinski definition) is 0. The Morgan fingerprint density at radius 3 is 2.21 bits per heavy atom. The van der Waals surface area contributed by atoms with Crippen LogP contribution < -0.4 is 4.74 Å². The molecule has 6 heteroatoms. The van der Waals surface area contributed by atoms with Gasteiger partial charge in [0.15, 0.2) is 11.4 Å². The van der Waals surface area contributed by atoms with Crippen LogP contribution in [0.5, 0.6) is 11.5 Å². The number of ether oxygens (including phenoxy) is 3. The quantitative estimate of drug-likeness (QED) is 0.657. The second-order valence-electron chi connectivity index (χ2n) is 7.24. The van der Waals surface area contributed by atoms with Crippen molar-refractivity contribution in [2.24, 2.45) is 9.98 Å². The maximum absolute atomic E-state index is 6.36. The second-order valence-corrected chi connectivity index (χ2v) is 7.68. The Morgan fingerprint density at radius 1 is 1.04 bits per heavy atom. The molecule has 0 radical (unpaired) electrons. The zero-order chi connectivity index (χ0) is 19.6. The first-order valence-electron chi connectivity index (χ1n) is 9.45. The van der Waals surface area contributed by atoms with Crippen molar-refractivity contribution in [2.75, 3.05) is 6.61 Å². The lowest BCUT2D eigenvalue weighted by atomic mass is 9.95. The van der Waals surface area contributed by atoms with Crippen molar-refractivity contribution in [2.45, 2.75) is 44.2 Å². The summed E-state index contributed by atoms with van der Waals surface area (Å²) in [5.41, 5.74) is 0.353. The van der Waals surface area contributed by atoms with Gasteiger partial charge < -0.3 is 14.2 Å². The van der Waals surface area contributed by atoms with Crippen LogP contribution in [0.4, 0.5) is 0 Å². The summed E-state index contributed by atoms with van der Waals surface area (Å²) in [5, 5.41) is 0.677. The van der Waals surface area contributed by atoms with Crippen LogP contribution in [0.1, 0.15) is 32.3 Å². The second kappa shape index (κ2) is 7.66. The molecule has 2 aliphatic rings. The Kier molecular flexibility index (Phi) is 5.23. The maximum Gasteiger partial charge on any atom is 0.199 e. The first kappa shape index (κ1) is 19.1. The first-order chi connectivity index (χ1) is 13.5. The minimum atomic E-state index is -0.868. The molecule has 1 saturated heterocycles. The summed E-state index contributed by atoms with van der Waals surface area (Å²) >= 11 is 5.93. The highest BCUT2D eigenvalue weighted by Gasteiger charge is 2.48. The molecule has 0 bridgehead atoms. The summed E-state index contributed by atoms with van der Waals surface area (Å²) in [5.74, 6) is 0.593. The van der Waals surface area contributed by atoms with Gasteiger partial charge in [0.2, 0.25) is 0 Å². The Bertz CT molecular complexity index is 868. The number of hydrogen-bond acceptors (Lipinski definition) is 5. The zero-order valence-corrected chi connectivity index (χ0v) is 16.7. The molecule has 5 nitrogen and oxygen atoms in total. The summed E-state index contributed by atoms with van der Waals surface area (Å²) in [4.78, 5) is 8.98. The van der Waals surface area contributed by atoms with E-state index in [1.807, 2.05) is 43.3 Å². The van der Waals surface area contributed by atoms with Crippen molar-refractivity contribution in [1.82, 2.24) is 0 Å². The van der Waals surface area contributed by atoms with Gasteiger partial charge >= 0.3 is 0 Å². The number of benzene rings is 2. The maximum atomic E-state index is 6.36. The van der Waals surface area contributed by atoms with E-state index in [0.29, 0.717) is 18.1 Å². The normalized spacial score (nSPS) is 25.3. The molecule has 0 N–H and O–H groups in total. The largest absolute Gasteiger partial charge is 0.457 e. The van der Waals surface area contributed by atoms with Crippen LogP contribution in [0, 0.1) is 0 Å². The molecule has 0 saturated carbocycles. The molecule has 28 heavy (non-hydrogen) atoms. The van der Waals surface area contributed by atoms with Crippen LogP contribution in [0.15, 0.2) is 58.5 Å². The van der Waals surface area contributed by atoms with Crippen LogP contribution >= 0.6 is 11.6 Å². The minimum absolute atomic E-state index is 0.0583. The molecule has 0 aliphatic carbocycles. The summed E-state index contributed by atoms with van der Waals surface area (Å²) in [6, 6.07) is 15.1. The fourth-order valence-corrected chi connectivity index (χ4v) is 3.61. The fourth-order valence-electron chi connectivity index (χ4n) is 3.48. The van der Waals surface area contributed by atoms with Gasteiger partial charge in [-0.3, -0.25) is 9.98 Å². The molecule has 2 aromatic rings. The molecule has 2 heterocycles. The Labute approximate surface area is 170 Å². The van der Waals surface area contributed by atoms with Crippen molar-refractivity contribution >= 4 is 24.0 Å². The predicted molar refractivity (Wildman–Crippen MR) is 111 cm³/mol. The van der Waals surface area contributed by atoms with E-state index in [2.05, 4.69) is 16.9 Å². The SMILES string of the molecule is CCC1COC(CC2(C)N=CC=N2)(c2ccc(Oc3ccc(Cl)cc3)cc2)O1. The van der Waals surface area contributed by atoms with Crippen molar-refractivity contribution < 1.29 is 14.2 Å². The van der Waals surface area contributed by atoms with E-state index in [1.165, 1.54) is 0 Å². The molecule has 146 valence electrons. The van der Waals surface area contributed by atoms with Crippen molar-refractivity contribution in [1.29, 1.82) is 0 Å². The minimum Gasteiger partial charge on any atom is -0.457 e. The van der Waals surface area contributed by atoms with Gasteiger partial charge in [-0.25, -0.2) is 0 Å². The summed E-state index contributed by atoms with van der Waals surface area (Å²) < 4.78 is 18.5. The van der Waals surface area contributed by atoms with E-state index in [9.17, 15) is 0 Å². The molecular weight excluding hydrogens is 376 g/mol. The number of nitrogens with zero attached hydrogens (tertiary/aromatic N) is 2. The molecular formula is C22H23ClN2O3. The van der Waals surface area contributed by atoms with Gasteiger partial charge in [-0.15, -0.1) is 0 Å². The Balaban J connectivity index is 1.57. The van der Waals surface area contributed by atoms with Gasteiger partial charge in [-0.05, 0) is 61.9 Å². The lowest BCUT2D eigenvalue weighted by Gasteiger charge is -2.33. The third-order valence-electron chi connectivity index (χ3n) is 5.00. The van der Waals surface area contributed by atoms with E-state index >= 15 is 0 Å². The summed E-state index contributed by atoms with van der Waals surface area (Å²) in [6.07, 6.45) is 4.92. The lowest BCUT2D eigenvalue weighted by molar-refractivity contribution is -0.190. The van der Waals surface area contributed by atoms with Crippen LogP contribution in [0.25, 0.3) is 0 Å². The molecule has 1 fully saturated rings. The van der Waals surface area contributed by atoms with Gasteiger partial charge in [0.05, 0.1) is 19.1 Å². The van der Waals surface area contributed by atoms with Crippen LogP contribution in [-0.2, 0) is 15.3 Å². The van der Waals surface area contributed by atoms with Crippen LogP contribution in [0.2, 0.25) is 5.02 Å². The molecule has 0 spiro atoms. The third kappa shape index (κ3) is 3.97. The van der Waals surface area contributed by atoms with Crippen molar-refractivity contribution in [3.8, 4) is 11.5 Å². The average molecular weight is 399 g/mol. The molecule has 2 aliphatic heterocycles. The Hall–Kier alpha value is -2.21. The summed E-state index contributed by atoms with van der Waals surface area (Å²) in [7, 11) is 0. The standard InChI is InChI=1S/C22H23ClN2O3/c1-3-18-14-26-22(28-18,15-21(2)24-12-13-25-21)16-4-8-19(9-5-16)27-20-10-6-17(23)7-11-20/h4-13,18H,3,14-15H2,1-2H3. The fraction of sp³-hybridized carbons (Fsp3) is 0.364. The average Bonchev–Trinajstić information content (AvgIpc) is 3.31.